The van der Waals surface area contributed by atoms with Crippen molar-refractivity contribution in [2.45, 2.75) is 46.6 Å². The van der Waals surface area contributed by atoms with Crippen LogP contribution in [0.4, 0.5) is 10.5 Å². The third-order valence-electron chi connectivity index (χ3n) is 4.95. The van der Waals surface area contributed by atoms with Gasteiger partial charge < -0.3 is 14.6 Å². The van der Waals surface area contributed by atoms with E-state index in [0.717, 1.165) is 34.3 Å². The molecule has 0 unspecified atom stereocenters. The van der Waals surface area contributed by atoms with Crippen molar-refractivity contribution in [2.75, 3.05) is 19.4 Å². The van der Waals surface area contributed by atoms with Crippen LogP contribution in [0.3, 0.4) is 0 Å². The molecule has 0 saturated heterocycles. The fourth-order valence-electron chi connectivity index (χ4n) is 3.53. The van der Waals surface area contributed by atoms with Crippen LogP contribution in [0.5, 0.6) is 0 Å². The molecule has 0 spiro atoms. The predicted octanol–water partition coefficient (Wildman–Crippen LogP) is 5.15. The van der Waals surface area contributed by atoms with E-state index in [9.17, 15) is 9.59 Å². The van der Waals surface area contributed by atoms with Crippen LogP contribution in [-0.4, -0.2) is 46.6 Å². The summed E-state index contributed by atoms with van der Waals surface area (Å²) in [6.45, 7) is 9.53. The summed E-state index contributed by atoms with van der Waals surface area (Å²) < 4.78 is 5.34. The molecule has 3 aromatic rings. The molecule has 0 aliphatic rings. The second-order valence-electron chi connectivity index (χ2n) is 8.79. The Labute approximate surface area is 182 Å². The van der Waals surface area contributed by atoms with E-state index in [1.165, 1.54) is 10.5 Å². The highest BCUT2D eigenvalue weighted by Crippen LogP contribution is 2.30. The minimum atomic E-state index is -0.636. The van der Waals surface area contributed by atoms with Crippen molar-refractivity contribution in [1.29, 1.82) is 0 Å². The molecule has 31 heavy (non-hydrogen) atoms. The van der Waals surface area contributed by atoms with Gasteiger partial charge in [-0.05, 0) is 63.4 Å². The van der Waals surface area contributed by atoms with Crippen molar-refractivity contribution in [1.82, 2.24) is 14.9 Å². The number of H-pyrrole nitrogens is 1. The first kappa shape index (κ1) is 22.3. The smallest absolute Gasteiger partial charge is 0.412 e. The Morgan fingerprint density at radius 1 is 1.16 bits per heavy atom. The van der Waals surface area contributed by atoms with Crippen LogP contribution in [0.1, 0.15) is 49.3 Å². The fourth-order valence-corrected chi connectivity index (χ4v) is 3.53. The Bertz CT molecular complexity index is 1140. The van der Waals surface area contributed by atoms with Crippen molar-refractivity contribution in [3.63, 3.8) is 0 Å². The molecule has 2 heterocycles. The largest absolute Gasteiger partial charge is 0.444 e. The molecule has 0 atom stereocenters. The first-order valence-corrected chi connectivity index (χ1v) is 10.3. The maximum absolute atomic E-state index is 12.8. The van der Waals surface area contributed by atoms with E-state index in [1.807, 2.05) is 13.0 Å². The van der Waals surface area contributed by atoms with Crippen molar-refractivity contribution in [3.8, 4) is 11.1 Å². The number of aromatic nitrogens is 2. The van der Waals surface area contributed by atoms with E-state index in [0.29, 0.717) is 11.3 Å². The van der Waals surface area contributed by atoms with Crippen molar-refractivity contribution < 1.29 is 14.3 Å². The van der Waals surface area contributed by atoms with E-state index in [2.05, 4.69) is 28.3 Å². The van der Waals surface area contributed by atoms with Gasteiger partial charge in [0.1, 0.15) is 11.2 Å². The Balaban J connectivity index is 2.04. The summed E-state index contributed by atoms with van der Waals surface area (Å²) in [5, 5.41) is 3.78. The van der Waals surface area contributed by atoms with Crippen LogP contribution in [-0.2, 0) is 11.2 Å². The van der Waals surface area contributed by atoms with Crippen molar-refractivity contribution >= 4 is 28.7 Å². The number of benzene rings is 1. The van der Waals surface area contributed by atoms with Crippen LogP contribution >= 0.6 is 0 Å². The van der Waals surface area contributed by atoms with Gasteiger partial charge in [0, 0.05) is 36.9 Å². The number of rotatable bonds is 4. The second kappa shape index (κ2) is 8.41. The summed E-state index contributed by atoms with van der Waals surface area (Å²) >= 11 is 0. The first-order valence-electron chi connectivity index (χ1n) is 10.3. The third-order valence-corrected chi connectivity index (χ3v) is 4.95. The monoisotopic (exact) mass is 422 g/mol. The molecule has 0 bridgehead atoms. The van der Waals surface area contributed by atoms with Crippen LogP contribution in [0.25, 0.3) is 22.2 Å². The zero-order chi connectivity index (χ0) is 22.9. The zero-order valence-corrected chi connectivity index (χ0v) is 19.2. The number of ether oxygens (including phenoxy) is 1. The van der Waals surface area contributed by atoms with Gasteiger partial charge >= 0.3 is 6.09 Å². The summed E-state index contributed by atoms with van der Waals surface area (Å²) in [6, 6.07) is 7.46. The number of carbonyl (C=O) groups excluding carboxylic acids is 2. The van der Waals surface area contributed by atoms with Gasteiger partial charge in [-0.1, -0.05) is 13.0 Å². The molecule has 0 fully saturated rings. The summed E-state index contributed by atoms with van der Waals surface area (Å²) in [5.41, 5.74) is 5.09. The summed E-state index contributed by atoms with van der Waals surface area (Å²) in [6.07, 6.45) is 2.09. The molecule has 1 aromatic carbocycles. The van der Waals surface area contributed by atoms with Gasteiger partial charge in [-0.15, -0.1) is 0 Å². The van der Waals surface area contributed by atoms with Gasteiger partial charge in [0.2, 0.25) is 0 Å². The number of amides is 2. The Morgan fingerprint density at radius 2 is 1.87 bits per heavy atom. The van der Waals surface area contributed by atoms with Gasteiger partial charge in [0.05, 0.1) is 11.3 Å². The number of hydrogen-bond acceptors (Lipinski definition) is 4. The molecule has 2 N–H and O–H groups in total. The second-order valence-corrected chi connectivity index (χ2v) is 8.79. The molecule has 0 saturated carbocycles. The molecular formula is C24H30N4O3. The number of nitrogens with one attached hydrogen (secondary N) is 2. The summed E-state index contributed by atoms with van der Waals surface area (Å²) in [5.74, 6) is -0.214. The quantitative estimate of drug-likeness (QED) is 0.609. The maximum Gasteiger partial charge on any atom is 0.412 e. The standard InChI is InChI=1S/C24H30N4O3/c1-8-17-14(2)26-21-18(17)12-16(13-25-21)15-9-10-20(19(11-15)22(29)28(6)7)27-23(30)31-24(3,4)5/h9-13H,8H2,1-7H3,(H,25,26)(H,27,30). The van der Waals surface area contributed by atoms with Gasteiger partial charge in [-0.2, -0.15) is 0 Å². The topological polar surface area (TPSA) is 87.3 Å². The Morgan fingerprint density at radius 3 is 2.48 bits per heavy atom. The van der Waals surface area contributed by atoms with Crippen LogP contribution in [0.15, 0.2) is 30.5 Å². The SMILES string of the molecule is CCc1c(C)[nH]c2ncc(-c3ccc(NC(=O)OC(C)(C)C)c(C(=O)N(C)C)c3)cc12. The number of carbonyl (C=O) groups is 2. The molecular weight excluding hydrogens is 392 g/mol. The number of aromatic amines is 1. The maximum atomic E-state index is 12.8. The van der Waals surface area contributed by atoms with Crippen molar-refractivity contribution in [2.24, 2.45) is 0 Å². The van der Waals surface area contributed by atoms with Gasteiger partial charge in [0.15, 0.2) is 0 Å². The lowest BCUT2D eigenvalue weighted by atomic mass is 10.0. The molecule has 3 rings (SSSR count). The number of aryl methyl sites for hydroxylation is 2. The highest BCUT2D eigenvalue weighted by Gasteiger charge is 2.21. The fraction of sp³-hybridized carbons (Fsp3) is 0.375. The van der Waals surface area contributed by atoms with E-state index < -0.39 is 11.7 Å². The van der Waals surface area contributed by atoms with E-state index >= 15 is 0 Å². The third kappa shape index (κ3) is 4.87. The van der Waals surface area contributed by atoms with Crippen LogP contribution in [0, 0.1) is 6.92 Å². The Kier molecular flexibility index (Phi) is 6.06. The lowest BCUT2D eigenvalue weighted by molar-refractivity contribution is 0.0636. The normalized spacial score (nSPS) is 11.5. The number of hydrogen-bond donors (Lipinski definition) is 2. The van der Waals surface area contributed by atoms with Gasteiger partial charge in [-0.3, -0.25) is 10.1 Å². The average molecular weight is 423 g/mol. The number of pyridine rings is 1. The average Bonchev–Trinajstić information content (AvgIpc) is 3.00. The number of anilines is 1. The molecule has 7 heteroatoms. The van der Waals surface area contributed by atoms with Gasteiger partial charge in [-0.25, -0.2) is 9.78 Å². The molecule has 0 radical (unpaired) electrons. The molecule has 0 aliphatic heterocycles. The molecule has 164 valence electrons. The minimum Gasteiger partial charge on any atom is -0.444 e. The lowest BCUT2D eigenvalue weighted by Crippen LogP contribution is -2.29. The highest BCUT2D eigenvalue weighted by atomic mass is 16.6. The zero-order valence-electron chi connectivity index (χ0n) is 19.2. The molecule has 2 aromatic heterocycles. The molecule has 7 nitrogen and oxygen atoms in total. The van der Waals surface area contributed by atoms with E-state index in [4.69, 9.17) is 4.74 Å². The molecule has 0 aliphatic carbocycles. The summed E-state index contributed by atoms with van der Waals surface area (Å²) in [4.78, 5) is 34.5. The van der Waals surface area contributed by atoms with Gasteiger partial charge in [0.25, 0.3) is 5.91 Å². The van der Waals surface area contributed by atoms with E-state index in [1.54, 1.807) is 53.2 Å². The lowest BCUT2D eigenvalue weighted by Gasteiger charge is -2.21. The number of fused-ring (bicyclic) bond motifs is 1. The highest BCUT2D eigenvalue weighted by molar-refractivity contribution is 6.03. The first-order chi connectivity index (χ1) is 14.5. The predicted molar refractivity (Wildman–Crippen MR) is 124 cm³/mol. The molecule has 2 amide bonds. The van der Waals surface area contributed by atoms with Crippen LogP contribution < -0.4 is 5.32 Å². The minimum absolute atomic E-state index is 0.214. The van der Waals surface area contributed by atoms with E-state index in [-0.39, 0.29) is 5.91 Å². The van der Waals surface area contributed by atoms with Crippen LogP contribution in [0.2, 0.25) is 0 Å². The Hall–Kier alpha value is -3.35. The number of nitrogens with zero attached hydrogens (tertiary/aromatic N) is 2. The van der Waals surface area contributed by atoms with Crippen molar-refractivity contribution in [3.05, 3.63) is 47.3 Å². The summed E-state index contributed by atoms with van der Waals surface area (Å²) in [7, 11) is 3.35.